The number of benzene rings is 5. The van der Waals surface area contributed by atoms with Gasteiger partial charge in [0.15, 0.2) is 11.5 Å². The summed E-state index contributed by atoms with van der Waals surface area (Å²) in [6, 6.07) is 31.2. The van der Waals surface area contributed by atoms with Crippen molar-refractivity contribution in [3.8, 4) is 17.2 Å². The minimum absolute atomic E-state index is 0.0113. The van der Waals surface area contributed by atoms with E-state index in [1.807, 2.05) is 88.7 Å². The van der Waals surface area contributed by atoms with Gasteiger partial charge in [0, 0.05) is 88.0 Å². The fourth-order valence-corrected chi connectivity index (χ4v) is 13.3. The zero-order valence-electron chi connectivity index (χ0n) is 46.3. The van der Waals surface area contributed by atoms with Gasteiger partial charge in [-0.15, -0.1) is 0 Å². The number of amides is 2. The SMILES string of the molecule is CC=NOCCCSSC(C)(C)CN(CCOCCOCCOC)c1cc(COc2cc3c(cc2C)C(=O)N2Cc4ccccc4C[C@H]2CN3)cc(COc2cc3c(cc2OC)C(=O)N2Cc4ccccc4CC2CN3C)c1. The van der Waals surface area contributed by atoms with E-state index in [4.69, 9.17) is 33.3 Å². The van der Waals surface area contributed by atoms with E-state index in [0.29, 0.717) is 107 Å². The number of nitrogens with zero attached hydrogens (tertiary/aromatic N) is 5. The standard InChI is InChI=1S/C61H76N6O9S2/c1-8-63-76-19-13-25-77-78-61(3,4)41-65(18-20-72-23-24-73-22-21-70-6)49-28-43(39-74-56-33-54-52(26-42(56)2)59(68)66-36-47-16-11-9-14-45(47)30-50(66)35-62-54)27-44(29-49)40-75-58-34-55-53(32-57(58)71-7)60(69)67-37-48-17-12-10-15-46(48)31-51(67)38-64(55)5/h8-12,14-17,26-29,32-34,50-51,62H,13,18-25,30-31,35-41H2,1-7H3/t50-,51?/m0/s1. The zero-order chi connectivity index (χ0) is 54.6. The summed E-state index contributed by atoms with van der Waals surface area (Å²) in [5.41, 5.74) is 11.6. The Balaban J connectivity index is 0.986. The number of hydrogen-bond acceptors (Lipinski definition) is 15. The van der Waals surface area contributed by atoms with Gasteiger partial charge in [-0.25, -0.2) is 0 Å². The maximum atomic E-state index is 14.4. The van der Waals surface area contributed by atoms with Gasteiger partial charge in [-0.05, 0) is 116 Å². The molecule has 78 heavy (non-hydrogen) atoms. The normalized spacial score (nSPS) is 16.7. The minimum Gasteiger partial charge on any atom is -0.493 e. The van der Waals surface area contributed by atoms with Gasteiger partial charge in [0.2, 0.25) is 0 Å². The smallest absolute Gasteiger partial charge is 0.256 e. The number of oxime groups is 1. The van der Waals surface area contributed by atoms with Gasteiger partial charge in [-0.1, -0.05) is 75.3 Å². The molecular weight excluding hydrogens is 1020 g/mol. The van der Waals surface area contributed by atoms with Crippen molar-refractivity contribution in [2.45, 2.75) is 90.1 Å². The Labute approximate surface area is 468 Å². The number of fused-ring (bicyclic) bond motifs is 6. The minimum atomic E-state index is -0.171. The maximum Gasteiger partial charge on any atom is 0.256 e. The molecule has 0 bridgehead atoms. The van der Waals surface area contributed by atoms with E-state index >= 15 is 0 Å². The summed E-state index contributed by atoms with van der Waals surface area (Å²) < 4.78 is 36.4. The Bertz CT molecular complexity index is 2900. The third-order valence-electron chi connectivity index (χ3n) is 14.7. The number of ether oxygens (including phenoxy) is 6. The van der Waals surface area contributed by atoms with E-state index in [9.17, 15) is 9.59 Å². The quantitative estimate of drug-likeness (QED) is 0.0243. The molecule has 0 spiro atoms. The van der Waals surface area contributed by atoms with Crippen LogP contribution in [-0.2, 0) is 58.2 Å². The molecule has 17 heteroatoms. The van der Waals surface area contributed by atoms with Crippen molar-refractivity contribution in [3.63, 3.8) is 0 Å². The summed E-state index contributed by atoms with van der Waals surface area (Å²) in [7, 11) is 9.04. The van der Waals surface area contributed by atoms with Crippen LogP contribution >= 0.6 is 21.6 Å². The predicted octanol–water partition coefficient (Wildman–Crippen LogP) is 10.2. The van der Waals surface area contributed by atoms with Gasteiger partial charge in [-0.2, -0.15) is 0 Å². The van der Waals surface area contributed by atoms with Crippen molar-refractivity contribution >= 4 is 56.7 Å². The van der Waals surface area contributed by atoms with Crippen LogP contribution < -0.4 is 29.3 Å². The number of anilines is 3. The lowest BCUT2D eigenvalue weighted by Gasteiger charge is -2.36. The average Bonchev–Trinajstić information content (AvgIpc) is 3.87. The van der Waals surface area contributed by atoms with Crippen molar-refractivity contribution < 1.29 is 42.8 Å². The summed E-state index contributed by atoms with van der Waals surface area (Å²) in [4.78, 5) is 42.6. The summed E-state index contributed by atoms with van der Waals surface area (Å²) in [5, 5.41) is 7.52. The Morgan fingerprint density at radius 2 is 1.38 bits per heavy atom. The number of carbonyl (C=O) groups is 2. The first-order valence-corrected chi connectivity index (χ1v) is 29.5. The molecule has 2 amide bonds. The first kappa shape index (κ1) is 56.6. The lowest BCUT2D eigenvalue weighted by molar-refractivity contribution is 0.0264. The number of nitrogens with one attached hydrogen (secondary N) is 1. The van der Waals surface area contributed by atoms with Gasteiger partial charge in [-0.3, -0.25) is 9.59 Å². The molecule has 0 aliphatic carbocycles. The van der Waals surface area contributed by atoms with Crippen LogP contribution in [0.25, 0.3) is 0 Å². The van der Waals surface area contributed by atoms with Crippen LogP contribution in [0.2, 0.25) is 0 Å². The fraction of sp³-hybridized carbons (Fsp3) is 0.459. The van der Waals surface area contributed by atoms with Crippen molar-refractivity contribution in [2.24, 2.45) is 5.16 Å². The van der Waals surface area contributed by atoms with Crippen LogP contribution in [0, 0.1) is 6.92 Å². The second-order valence-electron chi connectivity index (χ2n) is 21.0. The number of hydrogen-bond donors (Lipinski definition) is 1. The lowest BCUT2D eigenvalue weighted by Crippen LogP contribution is -2.47. The fourth-order valence-electron chi connectivity index (χ4n) is 10.8. The molecule has 15 nitrogen and oxygen atoms in total. The van der Waals surface area contributed by atoms with Gasteiger partial charge in [0.25, 0.3) is 11.8 Å². The van der Waals surface area contributed by atoms with E-state index in [-0.39, 0.29) is 41.9 Å². The van der Waals surface area contributed by atoms with Crippen molar-refractivity contribution in [3.05, 3.63) is 141 Å². The largest absolute Gasteiger partial charge is 0.493 e. The van der Waals surface area contributed by atoms with Crippen LogP contribution in [0.15, 0.2) is 96.2 Å². The summed E-state index contributed by atoms with van der Waals surface area (Å²) in [6.45, 7) is 15.8. The predicted molar refractivity (Wildman–Crippen MR) is 313 cm³/mol. The van der Waals surface area contributed by atoms with Gasteiger partial charge < -0.3 is 58.2 Å². The van der Waals surface area contributed by atoms with Crippen molar-refractivity contribution in [1.82, 2.24) is 9.80 Å². The van der Waals surface area contributed by atoms with E-state index in [1.54, 1.807) is 20.4 Å². The second kappa shape index (κ2) is 26.7. The van der Waals surface area contributed by atoms with Crippen molar-refractivity contribution in [1.29, 1.82) is 0 Å². The molecular formula is C61H76N6O9S2. The number of rotatable bonds is 26. The maximum absolute atomic E-state index is 14.4. The molecule has 9 rings (SSSR count). The number of aryl methyl sites for hydroxylation is 1. The van der Waals surface area contributed by atoms with Crippen LogP contribution in [0.4, 0.5) is 17.1 Å². The third kappa shape index (κ3) is 14.0. The van der Waals surface area contributed by atoms with E-state index < -0.39 is 0 Å². The topological polar surface area (TPSA) is 136 Å². The molecule has 0 saturated heterocycles. The molecule has 416 valence electrons. The molecule has 5 aromatic carbocycles. The van der Waals surface area contributed by atoms with Crippen molar-refractivity contribution in [2.75, 3.05) is 108 Å². The number of likely N-dealkylation sites (N-methyl/N-ethyl adjacent to an activating group) is 1. The van der Waals surface area contributed by atoms with Crippen LogP contribution in [0.1, 0.15) is 86.9 Å². The van der Waals surface area contributed by atoms with Gasteiger partial charge in [0.05, 0.1) is 74.7 Å². The molecule has 4 aliphatic rings. The molecule has 2 atom stereocenters. The first-order chi connectivity index (χ1) is 37.9. The second-order valence-corrected chi connectivity index (χ2v) is 24.1. The van der Waals surface area contributed by atoms with E-state index in [1.165, 1.54) is 22.3 Å². The highest BCUT2D eigenvalue weighted by Crippen LogP contribution is 2.42. The molecule has 0 radical (unpaired) electrons. The Hall–Kier alpha value is -6.11. The van der Waals surface area contributed by atoms with Crippen LogP contribution in [-0.4, -0.2) is 137 Å². The number of methoxy groups -OCH3 is 2. The molecule has 0 aromatic heterocycles. The van der Waals surface area contributed by atoms with Gasteiger partial charge >= 0.3 is 0 Å². The molecule has 0 saturated carbocycles. The van der Waals surface area contributed by atoms with E-state index in [0.717, 1.165) is 58.8 Å². The lowest BCUT2D eigenvalue weighted by atomic mass is 9.93. The van der Waals surface area contributed by atoms with Gasteiger partial charge in [0.1, 0.15) is 25.6 Å². The first-order valence-electron chi connectivity index (χ1n) is 27.2. The molecule has 1 N–H and O–H groups in total. The highest BCUT2D eigenvalue weighted by Gasteiger charge is 2.37. The summed E-state index contributed by atoms with van der Waals surface area (Å²) in [5.74, 6) is 2.69. The zero-order valence-corrected chi connectivity index (χ0v) is 48.0. The van der Waals surface area contributed by atoms with Crippen LogP contribution in [0.5, 0.6) is 17.2 Å². The summed E-state index contributed by atoms with van der Waals surface area (Å²) >= 11 is 0. The molecule has 1 unspecified atom stereocenters. The molecule has 4 heterocycles. The Kier molecular flexibility index (Phi) is 19.4. The third-order valence-corrected chi connectivity index (χ3v) is 18.1. The Morgan fingerprint density at radius 1 is 0.744 bits per heavy atom. The molecule has 5 aromatic rings. The number of carbonyl (C=O) groups excluding carboxylic acids is 2. The molecule has 0 fully saturated rings. The summed E-state index contributed by atoms with van der Waals surface area (Å²) in [6.07, 6.45) is 4.15. The average molecular weight is 1100 g/mol. The van der Waals surface area contributed by atoms with E-state index in [2.05, 4.69) is 88.7 Å². The Morgan fingerprint density at radius 3 is 2.08 bits per heavy atom. The highest BCUT2D eigenvalue weighted by atomic mass is 33.1. The van der Waals surface area contributed by atoms with Crippen LogP contribution in [0.3, 0.4) is 0 Å². The molecule has 4 aliphatic heterocycles. The monoisotopic (exact) mass is 1100 g/mol. The highest BCUT2D eigenvalue weighted by molar-refractivity contribution is 8.77.